The van der Waals surface area contributed by atoms with Crippen molar-refractivity contribution >= 4 is 38.8 Å². The van der Waals surface area contributed by atoms with Crippen LogP contribution in [0.15, 0.2) is 48.2 Å². The number of thiazole rings is 1. The summed E-state index contributed by atoms with van der Waals surface area (Å²) < 4.78 is 0. The summed E-state index contributed by atoms with van der Waals surface area (Å²) in [5, 5.41) is 26.8. The fourth-order valence-corrected chi connectivity index (χ4v) is 3.19. The molecular weight excluding hydrogens is 348 g/mol. The zero-order chi connectivity index (χ0) is 18.7. The molecule has 130 valence electrons. The highest BCUT2D eigenvalue weighted by Gasteiger charge is 2.12. The molecule has 0 fully saturated rings. The van der Waals surface area contributed by atoms with Crippen LogP contribution in [0.3, 0.4) is 0 Å². The van der Waals surface area contributed by atoms with E-state index in [-0.39, 0.29) is 11.3 Å². The third-order valence-corrected chi connectivity index (χ3v) is 4.88. The minimum atomic E-state index is -0.541. The zero-order valence-electron chi connectivity index (χ0n) is 14.2. The quantitative estimate of drug-likeness (QED) is 0.479. The van der Waals surface area contributed by atoms with Crippen LogP contribution >= 0.6 is 11.3 Å². The predicted octanol–water partition coefficient (Wildman–Crippen LogP) is 4.08. The molecule has 0 saturated carbocycles. The van der Waals surface area contributed by atoms with E-state index in [1.807, 2.05) is 19.9 Å². The summed E-state index contributed by atoms with van der Waals surface area (Å²) in [7, 11) is 0. The number of amides is 1. The monoisotopic (exact) mass is 364 g/mol. The van der Waals surface area contributed by atoms with Gasteiger partial charge >= 0.3 is 0 Å². The van der Waals surface area contributed by atoms with E-state index in [2.05, 4.69) is 15.6 Å². The lowest BCUT2D eigenvalue weighted by atomic mass is 10.1. The molecule has 0 aliphatic rings. The smallest absolute Gasteiger partial charge is 0.267 e. The highest BCUT2D eigenvalue weighted by molar-refractivity contribution is 7.15. The van der Waals surface area contributed by atoms with Crippen LogP contribution in [-0.2, 0) is 4.79 Å². The molecule has 0 unspecified atom stereocenters. The van der Waals surface area contributed by atoms with Crippen molar-refractivity contribution < 1.29 is 9.90 Å². The second-order valence-electron chi connectivity index (χ2n) is 5.61. The number of hydrogen-bond acceptors (Lipinski definition) is 6. The molecule has 1 aromatic heterocycles. The molecule has 0 aliphatic heterocycles. The molecule has 3 rings (SSSR count). The molecule has 26 heavy (non-hydrogen) atoms. The van der Waals surface area contributed by atoms with Crippen LogP contribution in [0.5, 0.6) is 5.75 Å². The second kappa shape index (κ2) is 7.25. The molecule has 0 bridgehead atoms. The lowest BCUT2D eigenvalue weighted by molar-refractivity contribution is -0.112. The average molecular weight is 364 g/mol. The van der Waals surface area contributed by atoms with Gasteiger partial charge in [-0.2, -0.15) is 5.26 Å². The predicted molar refractivity (Wildman–Crippen MR) is 103 cm³/mol. The molecule has 0 aliphatic carbocycles. The maximum atomic E-state index is 12.4. The standard InChI is InChI=1S/C19H16N4O2S/c1-11-12(2)26-19(22-11)21-10-13(9-20)18(25)23-16-7-3-6-15-14(16)5-4-8-17(15)24/h3-8,10,24H,1-2H3,(H,21,22)(H,23,25)/b13-10-. The number of fused-ring (bicyclic) bond motifs is 1. The van der Waals surface area contributed by atoms with Crippen LogP contribution in [0.1, 0.15) is 10.6 Å². The molecule has 0 radical (unpaired) electrons. The molecule has 0 spiro atoms. The second-order valence-corrected chi connectivity index (χ2v) is 6.81. The highest BCUT2D eigenvalue weighted by atomic mass is 32.1. The van der Waals surface area contributed by atoms with Gasteiger partial charge in [0.1, 0.15) is 17.4 Å². The number of phenols is 1. The van der Waals surface area contributed by atoms with Crippen molar-refractivity contribution in [3.8, 4) is 11.8 Å². The van der Waals surface area contributed by atoms with E-state index in [9.17, 15) is 15.2 Å². The first-order valence-electron chi connectivity index (χ1n) is 7.82. The van der Waals surface area contributed by atoms with E-state index in [1.165, 1.54) is 17.5 Å². The average Bonchev–Trinajstić information content (AvgIpc) is 2.94. The first kappa shape index (κ1) is 17.5. The number of aryl methyl sites for hydroxylation is 2. The van der Waals surface area contributed by atoms with Crippen molar-refractivity contribution in [2.75, 3.05) is 10.6 Å². The van der Waals surface area contributed by atoms with Gasteiger partial charge in [0.2, 0.25) is 0 Å². The summed E-state index contributed by atoms with van der Waals surface area (Å²) in [6.45, 7) is 3.85. The van der Waals surface area contributed by atoms with Crippen molar-refractivity contribution in [3.63, 3.8) is 0 Å². The first-order valence-corrected chi connectivity index (χ1v) is 8.64. The Balaban J connectivity index is 1.83. The third-order valence-electron chi connectivity index (χ3n) is 3.88. The Bertz CT molecular complexity index is 1040. The fraction of sp³-hybridized carbons (Fsp3) is 0.105. The van der Waals surface area contributed by atoms with Gasteiger partial charge in [0.05, 0.1) is 5.69 Å². The van der Waals surface area contributed by atoms with Gasteiger partial charge in [-0.05, 0) is 26.0 Å². The van der Waals surface area contributed by atoms with Crippen LogP contribution in [0, 0.1) is 25.2 Å². The number of nitrogens with one attached hydrogen (secondary N) is 2. The van der Waals surface area contributed by atoms with Crippen molar-refractivity contribution in [1.82, 2.24) is 4.98 Å². The summed E-state index contributed by atoms with van der Waals surface area (Å²) in [6, 6.07) is 12.2. The SMILES string of the molecule is Cc1nc(N/C=C(/C#N)C(=O)Nc2cccc3c(O)cccc23)sc1C. The van der Waals surface area contributed by atoms with Gasteiger partial charge in [-0.25, -0.2) is 4.98 Å². The lowest BCUT2D eigenvalue weighted by Gasteiger charge is -2.09. The van der Waals surface area contributed by atoms with E-state index in [0.717, 1.165) is 10.6 Å². The van der Waals surface area contributed by atoms with Crippen LogP contribution in [0.25, 0.3) is 10.8 Å². The Morgan fingerprint density at radius 1 is 1.23 bits per heavy atom. The number of carbonyl (C=O) groups excluding carboxylic acids is 1. The molecule has 0 saturated heterocycles. The zero-order valence-corrected chi connectivity index (χ0v) is 15.0. The van der Waals surface area contributed by atoms with Crippen LogP contribution < -0.4 is 10.6 Å². The minimum absolute atomic E-state index is 0.0762. The molecule has 6 nitrogen and oxygen atoms in total. The van der Waals surface area contributed by atoms with E-state index in [1.54, 1.807) is 36.4 Å². The molecule has 2 aromatic carbocycles. The van der Waals surface area contributed by atoms with Gasteiger partial charge < -0.3 is 15.7 Å². The maximum absolute atomic E-state index is 12.4. The summed E-state index contributed by atoms with van der Waals surface area (Å²) in [4.78, 5) is 17.8. The Kier molecular flexibility index (Phi) is 4.87. The number of nitriles is 1. The highest BCUT2D eigenvalue weighted by Crippen LogP contribution is 2.30. The molecular formula is C19H16N4O2S. The number of nitrogens with zero attached hydrogens (tertiary/aromatic N) is 2. The van der Waals surface area contributed by atoms with Crippen LogP contribution in [-0.4, -0.2) is 16.0 Å². The number of anilines is 2. The number of benzene rings is 2. The third kappa shape index (κ3) is 3.50. The van der Waals surface area contributed by atoms with Crippen molar-refractivity contribution in [3.05, 3.63) is 58.7 Å². The number of aromatic nitrogens is 1. The van der Waals surface area contributed by atoms with Crippen LogP contribution in [0.4, 0.5) is 10.8 Å². The molecule has 3 aromatic rings. The van der Waals surface area contributed by atoms with Crippen molar-refractivity contribution in [2.24, 2.45) is 0 Å². The molecule has 3 N–H and O–H groups in total. The Labute approximate surface area is 154 Å². The summed E-state index contributed by atoms with van der Waals surface area (Å²) in [6.07, 6.45) is 1.34. The normalized spacial score (nSPS) is 11.2. The first-order chi connectivity index (χ1) is 12.5. The molecule has 7 heteroatoms. The van der Waals surface area contributed by atoms with Gasteiger partial charge in [-0.3, -0.25) is 4.79 Å². The van der Waals surface area contributed by atoms with Gasteiger partial charge in [-0.15, -0.1) is 11.3 Å². The van der Waals surface area contributed by atoms with Gasteiger partial charge in [0.15, 0.2) is 5.13 Å². The minimum Gasteiger partial charge on any atom is -0.507 e. The van der Waals surface area contributed by atoms with Gasteiger partial charge in [0, 0.05) is 27.5 Å². The Hall–Kier alpha value is -3.37. The van der Waals surface area contributed by atoms with Gasteiger partial charge in [-0.1, -0.05) is 24.3 Å². The van der Waals surface area contributed by atoms with Crippen molar-refractivity contribution in [2.45, 2.75) is 13.8 Å². The van der Waals surface area contributed by atoms with E-state index in [4.69, 9.17) is 0 Å². The molecule has 1 heterocycles. The summed E-state index contributed by atoms with van der Waals surface area (Å²) in [5.41, 5.74) is 1.35. The number of aromatic hydroxyl groups is 1. The topological polar surface area (TPSA) is 98.0 Å². The number of phenolic OH excluding ortho intramolecular Hbond substituents is 1. The van der Waals surface area contributed by atoms with E-state index in [0.29, 0.717) is 21.6 Å². The number of hydrogen-bond donors (Lipinski definition) is 3. The molecule has 0 atom stereocenters. The molecule has 1 amide bonds. The van der Waals surface area contributed by atoms with Gasteiger partial charge in [0.25, 0.3) is 5.91 Å². The van der Waals surface area contributed by atoms with Crippen LogP contribution in [0.2, 0.25) is 0 Å². The largest absolute Gasteiger partial charge is 0.507 e. The summed E-state index contributed by atoms with van der Waals surface area (Å²) in [5.74, 6) is -0.410. The fourth-order valence-electron chi connectivity index (χ4n) is 2.41. The van der Waals surface area contributed by atoms with Crippen molar-refractivity contribution in [1.29, 1.82) is 5.26 Å². The summed E-state index contributed by atoms with van der Waals surface area (Å²) >= 11 is 1.45. The lowest BCUT2D eigenvalue weighted by Crippen LogP contribution is -2.14. The van der Waals surface area contributed by atoms with E-state index >= 15 is 0 Å². The Morgan fingerprint density at radius 2 is 1.96 bits per heavy atom. The number of carbonyl (C=O) groups is 1. The van der Waals surface area contributed by atoms with E-state index < -0.39 is 5.91 Å². The maximum Gasteiger partial charge on any atom is 0.267 e. The Morgan fingerprint density at radius 3 is 2.65 bits per heavy atom. The number of rotatable bonds is 4.